The van der Waals surface area contributed by atoms with Gasteiger partial charge in [0.25, 0.3) is 0 Å². The zero-order valence-electron chi connectivity index (χ0n) is 11.3. The second-order valence-corrected chi connectivity index (χ2v) is 4.62. The highest BCUT2D eigenvalue weighted by atomic mass is 16.5. The third-order valence-corrected chi connectivity index (χ3v) is 3.95. The zero-order chi connectivity index (χ0) is 12.7. The van der Waals surface area contributed by atoms with Gasteiger partial charge in [0.05, 0.1) is 0 Å². The fourth-order valence-corrected chi connectivity index (χ4v) is 2.69. The minimum Gasteiger partial charge on any atom is -0.385 e. The maximum Gasteiger partial charge on any atom is 0.0477 e. The van der Waals surface area contributed by atoms with Crippen LogP contribution in [0.15, 0.2) is 30.3 Å². The summed E-state index contributed by atoms with van der Waals surface area (Å²) >= 11 is 0. The fourth-order valence-electron chi connectivity index (χ4n) is 2.69. The topological polar surface area (TPSA) is 35.2 Å². The smallest absolute Gasteiger partial charge is 0.0477 e. The van der Waals surface area contributed by atoms with Crippen LogP contribution in [-0.4, -0.2) is 19.8 Å². The lowest BCUT2D eigenvalue weighted by Crippen LogP contribution is -2.45. The number of rotatable bonds is 7. The average molecular weight is 235 g/mol. The molecule has 0 fully saturated rings. The molecule has 0 saturated heterocycles. The fraction of sp³-hybridized carbons (Fsp3) is 0.600. The summed E-state index contributed by atoms with van der Waals surface area (Å²) in [5, 5.41) is 0. The molecule has 1 atom stereocenters. The Morgan fingerprint density at radius 1 is 1.18 bits per heavy atom. The van der Waals surface area contributed by atoms with Crippen LogP contribution >= 0.6 is 0 Å². The maximum absolute atomic E-state index is 6.41. The second kappa shape index (κ2) is 6.77. The molecule has 1 rings (SSSR count). The van der Waals surface area contributed by atoms with Gasteiger partial charge in [0.2, 0.25) is 0 Å². The molecule has 0 spiro atoms. The van der Waals surface area contributed by atoms with Gasteiger partial charge in [-0.1, -0.05) is 44.2 Å². The monoisotopic (exact) mass is 235 g/mol. The number of benzene rings is 1. The van der Waals surface area contributed by atoms with Crippen molar-refractivity contribution in [2.24, 2.45) is 5.73 Å². The van der Waals surface area contributed by atoms with E-state index in [0.717, 1.165) is 25.9 Å². The Bertz CT molecular complexity index is 306. The van der Waals surface area contributed by atoms with E-state index in [4.69, 9.17) is 10.5 Å². The first kappa shape index (κ1) is 14.2. The van der Waals surface area contributed by atoms with Crippen LogP contribution in [0, 0.1) is 0 Å². The van der Waals surface area contributed by atoms with Gasteiger partial charge < -0.3 is 10.5 Å². The lowest BCUT2D eigenvalue weighted by Gasteiger charge is -2.38. The molecule has 1 unspecified atom stereocenters. The van der Waals surface area contributed by atoms with Crippen molar-refractivity contribution >= 4 is 0 Å². The van der Waals surface area contributed by atoms with Crippen molar-refractivity contribution in [1.29, 1.82) is 0 Å². The number of nitrogens with two attached hydrogens (primary N) is 1. The van der Waals surface area contributed by atoms with Gasteiger partial charge in [-0.2, -0.15) is 0 Å². The van der Waals surface area contributed by atoms with Gasteiger partial charge >= 0.3 is 0 Å². The van der Waals surface area contributed by atoms with E-state index in [1.807, 2.05) is 0 Å². The third kappa shape index (κ3) is 3.08. The summed E-state index contributed by atoms with van der Waals surface area (Å²) in [6.45, 7) is 5.18. The highest BCUT2D eigenvalue weighted by molar-refractivity contribution is 5.27. The van der Waals surface area contributed by atoms with Crippen molar-refractivity contribution in [3.05, 3.63) is 35.9 Å². The number of ether oxygens (including phenoxy) is 1. The Kier molecular flexibility index (Phi) is 5.66. The molecule has 0 aromatic heterocycles. The van der Waals surface area contributed by atoms with E-state index in [2.05, 4.69) is 44.2 Å². The molecular formula is C15H25NO. The lowest BCUT2D eigenvalue weighted by molar-refractivity contribution is 0.168. The second-order valence-electron chi connectivity index (χ2n) is 4.62. The molecule has 0 aliphatic rings. The summed E-state index contributed by atoms with van der Waals surface area (Å²) in [6, 6.07) is 10.8. The van der Waals surface area contributed by atoms with E-state index in [-0.39, 0.29) is 11.5 Å². The van der Waals surface area contributed by atoms with Crippen LogP contribution in [0.5, 0.6) is 0 Å². The van der Waals surface area contributed by atoms with E-state index >= 15 is 0 Å². The van der Waals surface area contributed by atoms with E-state index in [1.54, 1.807) is 7.11 Å². The molecule has 2 N–H and O–H groups in total. The van der Waals surface area contributed by atoms with Crippen molar-refractivity contribution in [3.63, 3.8) is 0 Å². The van der Waals surface area contributed by atoms with Gasteiger partial charge in [-0.05, 0) is 24.8 Å². The first-order valence-electron chi connectivity index (χ1n) is 6.51. The Labute approximate surface area is 105 Å². The maximum atomic E-state index is 6.41. The minimum atomic E-state index is 0.0831. The quantitative estimate of drug-likeness (QED) is 0.788. The third-order valence-electron chi connectivity index (χ3n) is 3.95. The number of methoxy groups -OCH3 is 1. The normalized spacial score (nSPS) is 13.6. The Hall–Kier alpha value is -0.860. The Morgan fingerprint density at radius 2 is 1.76 bits per heavy atom. The lowest BCUT2D eigenvalue weighted by atomic mass is 9.69. The summed E-state index contributed by atoms with van der Waals surface area (Å²) in [4.78, 5) is 0. The molecule has 0 heterocycles. The van der Waals surface area contributed by atoms with E-state index < -0.39 is 0 Å². The summed E-state index contributed by atoms with van der Waals surface area (Å²) in [7, 11) is 1.73. The molecule has 2 nitrogen and oxygen atoms in total. The van der Waals surface area contributed by atoms with Gasteiger partial charge in [0.1, 0.15) is 0 Å². The van der Waals surface area contributed by atoms with Gasteiger partial charge in [-0.15, -0.1) is 0 Å². The molecule has 1 aromatic carbocycles. The molecule has 0 radical (unpaired) electrons. The van der Waals surface area contributed by atoms with E-state index in [0.29, 0.717) is 0 Å². The van der Waals surface area contributed by atoms with Crippen LogP contribution in [0.1, 0.15) is 38.7 Å². The Morgan fingerprint density at radius 3 is 2.24 bits per heavy atom. The molecule has 17 heavy (non-hydrogen) atoms. The van der Waals surface area contributed by atoms with Crippen LogP contribution in [0.3, 0.4) is 0 Å². The van der Waals surface area contributed by atoms with Crippen molar-refractivity contribution < 1.29 is 4.74 Å². The van der Waals surface area contributed by atoms with Gasteiger partial charge in [0.15, 0.2) is 0 Å². The van der Waals surface area contributed by atoms with Crippen LogP contribution in [-0.2, 0) is 10.2 Å². The molecular weight excluding hydrogens is 210 g/mol. The minimum absolute atomic E-state index is 0.0831. The van der Waals surface area contributed by atoms with Crippen LogP contribution in [0.25, 0.3) is 0 Å². The summed E-state index contributed by atoms with van der Waals surface area (Å²) < 4.78 is 5.15. The molecule has 1 aromatic rings. The SMILES string of the molecule is CCC(CC)(c1ccccc1)C(N)CCOC. The van der Waals surface area contributed by atoms with Gasteiger partial charge in [-0.25, -0.2) is 0 Å². The first-order chi connectivity index (χ1) is 8.21. The van der Waals surface area contributed by atoms with Crippen molar-refractivity contribution in [2.45, 2.75) is 44.6 Å². The molecule has 0 saturated carbocycles. The Balaban J connectivity index is 2.96. The van der Waals surface area contributed by atoms with E-state index in [9.17, 15) is 0 Å². The molecule has 96 valence electrons. The van der Waals surface area contributed by atoms with Gasteiger partial charge in [0, 0.05) is 25.2 Å². The van der Waals surface area contributed by atoms with Crippen LogP contribution in [0.2, 0.25) is 0 Å². The number of hydrogen-bond acceptors (Lipinski definition) is 2. The summed E-state index contributed by atoms with van der Waals surface area (Å²) in [5.74, 6) is 0. The van der Waals surface area contributed by atoms with Crippen molar-refractivity contribution in [1.82, 2.24) is 0 Å². The van der Waals surface area contributed by atoms with E-state index in [1.165, 1.54) is 5.56 Å². The standard InChI is InChI=1S/C15H25NO/c1-4-15(5-2,14(16)11-12-17-3)13-9-7-6-8-10-13/h6-10,14H,4-5,11-12,16H2,1-3H3. The van der Waals surface area contributed by atoms with Crippen molar-refractivity contribution in [2.75, 3.05) is 13.7 Å². The predicted molar refractivity (Wildman–Crippen MR) is 73.2 cm³/mol. The highest BCUT2D eigenvalue weighted by Crippen LogP contribution is 2.35. The number of hydrogen-bond donors (Lipinski definition) is 1. The molecule has 0 bridgehead atoms. The highest BCUT2D eigenvalue weighted by Gasteiger charge is 2.34. The van der Waals surface area contributed by atoms with Crippen molar-refractivity contribution in [3.8, 4) is 0 Å². The largest absolute Gasteiger partial charge is 0.385 e. The van der Waals surface area contributed by atoms with Gasteiger partial charge in [-0.3, -0.25) is 0 Å². The molecule has 0 amide bonds. The molecule has 0 aliphatic carbocycles. The molecule has 0 aliphatic heterocycles. The summed E-state index contributed by atoms with van der Waals surface area (Å²) in [6.07, 6.45) is 3.05. The van der Waals surface area contributed by atoms with Crippen LogP contribution < -0.4 is 5.73 Å². The summed E-state index contributed by atoms with van der Waals surface area (Å²) in [5.41, 5.74) is 7.85. The zero-order valence-corrected chi connectivity index (χ0v) is 11.3. The predicted octanol–water partition coefficient (Wildman–Crippen LogP) is 3.11. The molecule has 2 heteroatoms. The average Bonchev–Trinajstić information content (AvgIpc) is 2.39. The first-order valence-corrected chi connectivity index (χ1v) is 6.51. The van der Waals surface area contributed by atoms with Crippen LogP contribution in [0.4, 0.5) is 0 Å².